The summed E-state index contributed by atoms with van der Waals surface area (Å²) in [7, 11) is 0. The van der Waals surface area contributed by atoms with Crippen molar-refractivity contribution < 1.29 is 14.3 Å². The number of H-pyrrole nitrogens is 1. The van der Waals surface area contributed by atoms with Crippen molar-refractivity contribution in [1.82, 2.24) is 24.9 Å². The van der Waals surface area contributed by atoms with Crippen LogP contribution in [0.1, 0.15) is 61.6 Å². The van der Waals surface area contributed by atoms with E-state index in [9.17, 15) is 9.18 Å². The molecule has 1 aliphatic carbocycles. The lowest BCUT2D eigenvalue weighted by atomic mass is 9.98. The van der Waals surface area contributed by atoms with Gasteiger partial charge in [0.15, 0.2) is 5.01 Å². The van der Waals surface area contributed by atoms with E-state index in [2.05, 4.69) is 38.8 Å². The number of pyridine rings is 2. The van der Waals surface area contributed by atoms with E-state index in [4.69, 9.17) is 22.4 Å². The molecule has 4 heterocycles. The molecular weight excluding hydrogens is 503 g/mol. The predicted molar refractivity (Wildman–Crippen MR) is 140 cm³/mol. The molecule has 1 amide bonds. The third-order valence-electron chi connectivity index (χ3n) is 5.26. The van der Waals surface area contributed by atoms with Gasteiger partial charge in [0, 0.05) is 6.42 Å². The van der Waals surface area contributed by atoms with E-state index in [0.717, 1.165) is 47.5 Å². The molecule has 0 aromatic carbocycles. The number of halogens is 2. The number of hydrogen-bond donors (Lipinski definition) is 3. The SMILES string of the molecule is CC(C)Cc1nc2cc(-c3cccc(F)n3)ncc2[nH]1.NC(=O)c1ncc(Cl)s1.OC1CCCCC1. The van der Waals surface area contributed by atoms with Gasteiger partial charge in [0.1, 0.15) is 10.2 Å². The summed E-state index contributed by atoms with van der Waals surface area (Å²) in [6.45, 7) is 4.29. The van der Waals surface area contributed by atoms with Gasteiger partial charge in [-0.3, -0.25) is 9.78 Å². The smallest absolute Gasteiger partial charge is 0.277 e. The second-order valence-corrected chi connectivity index (χ2v) is 10.5. The lowest BCUT2D eigenvalue weighted by Gasteiger charge is -2.14. The third-order valence-corrected chi connectivity index (χ3v) is 6.39. The molecule has 0 spiro atoms. The van der Waals surface area contributed by atoms with Gasteiger partial charge in [-0.25, -0.2) is 15.0 Å². The minimum atomic E-state index is -0.535. The zero-order valence-corrected chi connectivity index (χ0v) is 21.8. The largest absolute Gasteiger partial charge is 0.393 e. The first-order chi connectivity index (χ1) is 17.2. The highest BCUT2D eigenvalue weighted by molar-refractivity contribution is 7.17. The number of rotatable bonds is 4. The number of aliphatic hydroxyl groups excluding tert-OH is 1. The summed E-state index contributed by atoms with van der Waals surface area (Å²) in [5.74, 6) is 0.438. The second-order valence-electron chi connectivity index (χ2n) is 8.84. The van der Waals surface area contributed by atoms with Crippen LogP contribution in [0.15, 0.2) is 36.7 Å². The maximum atomic E-state index is 13.2. The van der Waals surface area contributed by atoms with E-state index >= 15 is 0 Å². The maximum Gasteiger partial charge on any atom is 0.277 e. The number of aliphatic hydroxyl groups is 1. The molecule has 11 heteroatoms. The lowest BCUT2D eigenvalue weighted by molar-refractivity contribution is 0.1000. The van der Waals surface area contributed by atoms with Gasteiger partial charge in [0.25, 0.3) is 5.91 Å². The van der Waals surface area contributed by atoms with Crippen LogP contribution in [0.25, 0.3) is 22.4 Å². The van der Waals surface area contributed by atoms with Crippen molar-refractivity contribution in [2.45, 2.75) is 58.5 Å². The number of carbonyl (C=O) groups is 1. The van der Waals surface area contributed by atoms with Gasteiger partial charge in [-0.1, -0.05) is 62.1 Å². The molecule has 4 aromatic rings. The number of primary amides is 1. The van der Waals surface area contributed by atoms with Crippen molar-refractivity contribution >= 4 is 39.9 Å². The topological polar surface area (TPSA) is 131 Å². The molecule has 0 unspecified atom stereocenters. The van der Waals surface area contributed by atoms with E-state index < -0.39 is 11.9 Å². The Morgan fingerprint density at radius 1 is 1.19 bits per heavy atom. The van der Waals surface area contributed by atoms with Crippen molar-refractivity contribution in [3.05, 3.63) is 57.8 Å². The molecule has 4 N–H and O–H groups in total. The molecule has 0 aliphatic heterocycles. The Morgan fingerprint density at radius 2 is 1.94 bits per heavy atom. The van der Waals surface area contributed by atoms with Crippen LogP contribution in [0.3, 0.4) is 0 Å². The van der Waals surface area contributed by atoms with Gasteiger partial charge in [-0.05, 0) is 37.0 Å². The number of aromatic nitrogens is 5. The molecule has 1 fully saturated rings. The van der Waals surface area contributed by atoms with E-state index in [1.807, 2.05) is 6.07 Å². The van der Waals surface area contributed by atoms with Crippen LogP contribution < -0.4 is 5.73 Å². The molecule has 36 heavy (non-hydrogen) atoms. The Kier molecular flexibility index (Phi) is 10.3. The molecule has 1 saturated carbocycles. The molecule has 8 nitrogen and oxygen atoms in total. The lowest BCUT2D eigenvalue weighted by Crippen LogP contribution is -2.09. The highest BCUT2D eigenvalue weighted by Crippen LogP contribution is 2.20. The molecule has 5 rings (SSSR count). The summed E-state index contributed by atoms with van der Waals surface area (Å²) in [6.07, 6.45) is 9.93. The van der Waals surface area contributed by atoms with Crippen LogP contribution in [0.2, 0.25) is 4.34 Å². The number of imidazole rings is 1. The third kappa shape index (κ3) is 8.61. The number of aromatic amines is 1. The quantitative estimate of drug-likeness (QED) is 0.295. The van der Waals surface area contributed by atoms with E-state index in [1.54, 1.807) is 18.3 Å². The standard InChI is InChI=1S/C15H15FN4.C6H12O.C4H3ClN2OS/c1-9(2)6-15-19-12-7-11(17-8-13(12)20-15)10-4-3-5-14(16)18-10;7-6-4-2-1-3-5-6;5-2-1-7-4(9-2)3(6)8/h3-5,7-9H,6H2,1-2H3,(H,19,20);6-7H,1-5H2;1H,(H2,6,8). The fourth-order valence-corrected chi connectivity index (χ4v) is 4.35. The number of nitrogens with zero attached hydrogens (tertiary/aromatic N) is 4. The van der Waals surface area contributed by atoms with Crippen LogP contribution in [0, 0.1) is 11.9 Å². The molecule has 1 aliphatic rings. The van der Waals surface area contributed by atoms with Gasteiger partial charge in [0.05, 0.1) is 40.9 Å². The van der Waals surface area contributed by atoms with Crippen LogP contribution in [0.5, 0.6) is 0 Å². The molecule has 0 radical (unpaired) electrons. The van der Waals surface area contributed by atoms with Crippen molar-refractivity contribution in [2.24, 2.45) is 11.7 Å². The number of nitrogens with one attached hydrogen (secondary N) is 1. The molecular formula is C25H30ClFN6O2S. The van der Waals surface area contributed by atoms with Gasteiger partial charge >= 0.3 is 0 Å². The van der Waals surface area contributed by atoms with Crippen LogP contribution in [0.4, 0.5) is 4.39 Å². The fourth-order valence-electron chi connectivity index (χ4n) is 3.59. The van der Waals surface area contributed by atoms with Crippen LogP contribution in [-0.2, 0) is 6.42 Å². The molecule has 0 atom stereocenters. The van der Waals surface area contributed by atoms with Crippen LogP contribution in [-0.4, -0.2) is 42.0 Å². The van der Waals surface area contributed by atoms with Crippen molar-refractivity contribution in [2.75, 3.05) is 0 Å². The summed E-state index contributed by atoms with van der Waals surface area (Å²) in [5.41, 5.74) is 7.74. The summed E-state index contributed by atoms with van der Waals surface area (Å²) < 4.78 is 13.6. The summed E-state index contributed by atoms with van der Waals surface area (Å²) in [6, 6.07) is 6.51. The number of carbonyl (C=O) groups excluding carboxylic acids is 1. The Hall–Kier alpha value is -2.95. The van der Waals surface area contributed by atoms with Crippen LogP contribution >= 0.6 is 22.9 Å². The van der Waals surface area contributed by atoms with Gasteiger partial charge in [0.2, 0.25) is 5.95 Å². The number of fused-ring (bicyclic) bond motifs is 1. The monoisotopic (exact) mass is 532 g/mol. The minimum Gasteiger partial charge on any atom is -0.393 e. The first-order valence-corrected chi connectivity index (χ1v) is 13.0. The van der Waals surface area contributed by atoms with Crippen molar-refractivity contribution in [1.29, 1.82) is 0 Å². The maximum absolute atomic E-state index is 13.2. The predicted octanol–water partition coefficient (Wildman–Crippen LogP) is 5.56. The summed E-state index contributed by atoms with van der Waals surface area (Å²) in [5, 5.41) is 9.16. The Labute approximate surface area is 218 Å². The number of hydrogen-bond acceptors (Lipinski definition) is 7. The Balaban J connectivity index is 0.000000185. The number of nitrogens with two attached hydrogens (primary N) is 1. The number of amides is 1. The van der Waals surface area contributed by atoms with E-state index in [0.29, 0.717) is 21.6 Å². The van der Waals surface area contributed by atoms with Gasteiger partial charge < -0.3 is 15.8 Å². The number of thiazole rings is 1. The minimum absolute atomic E-state index is 0.0359. The summed E-state index contributed by atoms with van der Waals surface area (Å²) >= 11 is 6.53. The Bertz CT molecular complexity index is 1270. The first-order valence-electron chi connectivity index (χ1n) is 11.8. The summed E-state index contributed by atoms with van der Waals surface area (Å²) in [4.78, 5) is 29.9. The molecule has 0 saturated heterocycles. The van der Waals surface area contributed by atoms with Gasteiger partial charge in [-0.2, -0.15) is 4.39 Å². The molecule has 0 bridgehead atoms. The zero-order valence-electron chi connectivity index (χ0n) is 20.2. The average molecular weight is 533 g/mol. The molecule has 192 valence electrons. The highest BCUT2D eigenvalue weighted by Gasteiger charge is 2.09. The highest BCUT2D eigenvalue weighted by atomic mass is 35.5. The molecule has 4 aromatic heterocycles. The normalized spacial score (nSPS) is 13.6. The van der Waals surface area contributed by atoms with Crippen molar-refractivity contribution in [3.8, 4) is 11.4 Å². The zero-order chi connectivity index (χ0) is 26.1. The first kappa shape index (κ1) is 27.6. The van der Waals surface area contributed by atoms with Crippen molar-refractivity contribution in [3.63, 3.8) is 0 Å². The second kappa shape index (κ2) is 13.4. The fraction of sp³-hybridized carbons (Fsp3) is 0.400. The van der Waals surface area contributed by atoms with Gasteiger partial charge in [-0.15, -0.1) is 0 Å². The Morgan fingerprint density at radius 3 is 2.47 bits per heavy atom. The van der Waals surface area contributed by atoms with E-state index in [-0.39, 0.29) is 11.1 Å². The van der Waals surface area contributed by atoms with E-state index in [1.165, 1.54) is 31.5 Å². The average Bonchev–Trinajstić information content (AvgIpc) is 3.45.